The van der Waals surface area contributed by atoms with Gasteiger partial charge in [0, 0.05) is 31.3 Å². The summed E-state index contributed by atoms with van der Waals surface area (Å²) in [5.74, 6) is -0.921. The van der Waals surface area contributed by atoms with Crippen molar-refractivity contribution in [3.63, 3.8) is 0 Å². The van der Waals surface area contributed by atoms with Crippen LogP contribution in [0.1, 0.15) is 17.7 Å². The van der Waals surface area contributed by atoms with Crippen LogP contribution in [0, 0.1) is 17.0 Å². The summed E-state index contributed by atoms with van der Waals surface area (Å²) in [6, 6.07) is 3.26. The molecule has 8 nitrogen and oxygen atoms in total. The fourth-order valence-corrected chi connectivity index (χ4v) is 3.23. The van der Waals surface area contributed by atoms with Crippen molar-refractivity contribution < 1.29 is 19.6 Å². The number of carboxylic acids is 1. The highest BCUT2D eigenvalue weighted by Gasteiger charge is 2.24. The molecule has 0 bridgehead atoms. The van der Waals surface area contributed by atoms with Gasteiger partial charge in [0.2, 0.25) is 0 Å². The number of anilines is 1. The first-order chi connectivity index (χ1) is 11.5. The predicted molar refractivity (Wildman–Crippen MR) is 88.7 cm³/mol. The van der Waals surface area contributed by atoms with E-state index in [0.717, 1.165) is 24.5 Å². The Labute approximate surface area is 138 Å². The van der Waals surface area contributed by atoms with E-state index in [0.29, 0.717) is 29.7 Å². The molecule has 0 atom stereocenters. The number of aliphatic carboxylic acids is 1. The Morgan fingerprint density at radius 1 is 1.42 bits per heavy atom. The van der Waals surface area contributed by atoms with Crippen LogP contribution >= 0.6 is 0 Å². The zero-order valence-corrected chi connectivity index (χ0v) is 13.4. The topological polar surface area (TPSA) is 109 Å². The van der Waals surface area contributed by atoms with Gasteiger partial charge in [0.15, 0.2) is 0 Å². The Hall–Kier alpha value is -2.61. The maximum Gasteiger partial charge on any atom is 0.303 e. The lowest BCUT2D eigenvalue weighted by Gasteiger charge is -2.29. The number of nitro groups is 1. The standard InChI is InChI=1S/C16H19N3O5/c1-10-11(2-5-14(20)21)15-12(19(22)23)3-4-13(16(15)17-10)18-6-8-24-9-7-18/h3-4,17H,2,5-9H2,1H3,(H,20,21). The first-order valence-corrected chi connectivity index (χ1v) is 7.82. The number of ether oxygens (including phenoxy) is 1. The van der Waals surface area contributed by atoms with Crippen molar-refractivity contribution in [3.8, 4) is 0 Å². The average molecular weight is 333 g/mol. The third kappa shape index (κ3) is 2.92. The predicted octanol–water partition coefficient (Wildman–Crippen LogP) is 2.24. The number of nitrogens with zero attached hydrogens (tertiary/aromatic N) is 2. The molecule has 0 aliphatic carbocycles. The minimum Gasteiger partial charge on any atom is -0.481 e. The van der Waals surface area contributed by atoms with Gasteiger partial charge in [0.1, 0.15) is 0 Å². The number of rotatable bonds is 5. The van der Waals surface area contributed by atoms with Crippen molar-refractivity contribution in [2.45, 2.75) is 19.8 Å². The minimum atomic E-state index is -0.921. The monoisotopic (exact) mass is 333 g/mol. The summed E-state index contributed by atoms with van der Waals surface area (Å²) in [4.78, 5) is 27.3. The molecule has 0 saturated carbocycles. The second-order valence-corrected chi connectivity index (χ2v) is 5.83. The molecule has 0 spiro atoms. The number of benzene rings is 1. The number of fused-ring (bicyclic) bond motifs is 1. The normalized spacial score (nSPS) is 15.0. The molecular formula is C16H19N3O5. The zero-order valence-electron chi connectivity index (χ0n) is 13.4. The summed E-state index contributed by atoms with van der Waals surface area (Å²) in [5.41, 5.74) is 3.07. The molecule has 128 valence electrons. The van der Waals surface area contributed by atoms with E-state index in [4.69, 9.17) is 9.84 Å². The van der Waals surface area contributed by atoms with Gasteiger partial charge in [0.25, 0.3) is 5.69 Å². The number of nitrogens with one attached hydrogen (secondary N) is 1. The maximum atomic E-state index is 11.4. The van der Waals surface area contributed by atoms with Crippen LogP contribution in [-0.2, 0) is 16.0 Å². The highest BCUT2D eigenvalue weighted by molar-refractivity contribution is 6.01. The summed E-state index contributed by atoms with van der Waals surface area (Å²) in [7, 11) is 0. The molecule has 8 heteroatoms. The molecule has 1 aromatic carbocycles. The molecule has 2 heterocycles. The van der Waals surface area contributed by atoms with Crippen molar-refractivity contribution in [2.75, 3.05) is 31.2 Å². The van der Waals surface area contributed by atoms with Gasteiger partial charge in [-0.15, -0.1) is 0 Å². The van der Waals surface area contributed by atoms with Crippen molar-refractivity contribution in [1.29, 1.82) is 0 Å². The number of non-ortho nitro benzene ring substituents is 1. The van der Waals surface area contributed by atoms with Crippen LogP contribution in [0.2, 0.25) is 0 Å². The van der Waals surface area contributed by atoms with E-state index < -0.39 is 10.9 Å². The second-order valence-electron chi connectivity index (χ2n) is 5.83. The SMILES string of the molecule is Cc1[nH]c2c(N3CCOCC3)ccc([N+](=O)[O-])c2c1CCC(=O)O. The lowest BCUT2D eigenvalue weighted by Crippen LogP contribution is -2.36. The van der Waals surface area contributed by atoms with E-state index in [1.165, 1.54) is 6.07 Å². The minimum absolute atomic E-state index is 0.00625. The third-order valence-corrected chi connectivity index (χ3v) is 4.37. The summed E-state index contributed by atoms with van der Waals surface area (Å²) in [5, 5.41) is 20.9. The van der Waals surface area contributed by atoms with Gasteiger partial charge in [-0.3, -0.25) is 14.9 Å². The molecular weight excluding hydrogens is 314 g/mol. The molecule has 3 rings (SSSR count). The summed E-state index contributed by atoms with van der Waals surface area (Å²) in [6.45, 7) is 4.49. The number of carboxylic acid groups (broad SMARTS) is 1. The molecule has 1 fully saturated rings. The number of aromatic nitrogens is 1. The Bertz CT molecular complexity index is 793. The van der Waals surface area contributed by atoms with Gasteiger partial charge < -0.3 is 19.7 Å². The molecule has 1 saturated heterocycles. The molecule has 1 aliphatic heterocycles. The van der Waals surface area contributed by atoms with Gasteiger partial charge in [0.05, 0.1) is 34.7 Å². The van der Waals surface area contributed by atoms with Gasteiger partial charge >= 0.3 is 5.97 Å². The first-order valence-electron chi connectivity index (χ1n) is 7.82. The number of hydrogen-bond acceptors (Lipinski definition) is 5. The molecule has 24 heavy (non-hydrogen) atoms. The number of H-pyrrole nitrogens is 1. The fraction of sp³-hybridized carbons (Fsp3) is 0.438. The van der Waals surface area contributed by atoms with Crippen LogP contribution in [0.15, 0.2) is 12.1 Å². The molecule has 0 amide bonds. The Morgan fingerprint density at radius 2 is 2.12 bits per heavy atom. The molecule has 1 aliphatic rings. The smallest absolute Gasteiger partial charge is 0.303 e. The van der Waals surface area contributed by atoms with Crippen molar-refractivity contribution >= 4 is 28.2 Å². The summed E-state index contributed by atoms with van der Waals surface area (Å²) in [6.07, 6.45) is 0.196. The highest BCUT2D eigenvalue weighted by atomic mass is 16.6. The number of nitro benzene ring substituents is 1. The number of hydrogen-bond donors (Lipinski definition) is 2. The highest BCUT2D eigenvalue weighted by Crippen LogP contribution is 2.37. The second kappa shape index (κ2) is 6.48. The van der Waals surface area contributed by atoms with Crippen LogP contribution in [0.4, 0.5) is 11.4 Å². The van der Waals surface area contributed by atoms with Gasteiger partial charge in [-0.05, 0) is 25.0 Å². The van der Waals surface area contributed by atoms with E-state index in [-0.39, 0.29) is 18.5 Å². The quantitative estimate of drug-likeness (QED) is 0.641. The van der Waals surface area contributed by atoms with E-state index in [1.807, 2.05) is 6.92 Å². The lowest BCUT2D eigenvalue weighted by atomic mass is 10.0. The number of carbonyl (C=O) groups is 1. The average Bonchev–Trinajstić information content (AvgIpc) is 2.88. The number of aryl methyl sites for hydroxylation is 2. The van der Waals surface area contributed by atoms with Gasteiger partial charge in [-0.25, -0.2) is 0 Å². The van der Waals surface area contributed by atoms with Crippen LogP contribution in [-0.4, -0.2) is 47.3 Å². The van der Waals surface area contributed by atoms with Crippen LogP contribution < -0.4 is 4.90 Å². The van der Waals surface area contributed by atoms with Crippen molar-refractivity contribution in [2.24, 2.45) is 0 Å². The van der Waals surface area contributed by atoms with E-state index in [1.54, 1.807) is 6.07 Å². The van der Waals surface area contributed by atoms with E-state index in [9.17, 15) is 14.9 Å². The van der Waals surface area contributed by atoms with Crippen molar-refractivity contribution in [1.82, 2.24) is 4.98 Å². The zero-order chi connectivity index (χ0) is 17.3. The number of morpholine rings is 1. The van der Waals surface area contributed by atoms with Crippen molar-refractivity contribution in [3.05, 3.63) is 33.5 Å². The lowest BCUT2D eigenvalue weighted by molar-refractivity contribution is -0.383. The van der Waals surface area contributed by atoms with E-state index >= 15 is 0 Å². The summed E-state index contributed by atoms with van der Waals surface area (Å²) < 4.78 is 5.36. The largest absolute Gasteiger partial charge is 0.481 e. The van der Waals surface area contributed by atoms with Crippen LogP contribution in [0.3, 0.4) is 0 Å². The van der Waals surface area contributed by atoms with Gasteiger partial charge in [-0.1, -0.05) is 0 Å². The molecule has 2 aromatic rings. The summed E-state index contributed by atoms with van der Waals surface area (Å²) >= 11 is 0. The fourth-order valence-electron chi connectivity index (χ4n) is 3.23. The molecule has 2 N–H and O–H groups in total. The third-order valence-electron chi connectivity index (χ3n) is 4.37. The maximum absolute atomic E-state index is 11.4. The Balaban J connectivity index is 2.15. The van der Waals surface area contributed by atoms with Crippen LogP contribution in [0.5, 0.6) is 0 Å². The molecule has 0 radical (unpaired) electrons. The Morgan fingerprint density at radius 3 is 2.75 bits per heavy atom. The first kappa shape index (κ1) is 16.3. The van der Waals surface area contributed by atoms with Gasteiger partial charge in [-0.2, -0.15) is 0 Å². The number of aromatic amines is 1. The Kier molecular flexibility index (Phi) is 4.39. The molecule has 1 aromatic heterocycles. The van der Waals surface area contributed by atoms with Crippen LogP contribution in [0.25, 0.3) is 10.9 Å². The van der Waals surface area contributed by atoms with E-state index in [2.05, 4.69) is 9.88 Å². The molecule has 0 unspecified atom stereocenters.